The molecule has 0 atom stereocenters. The maximum atomic E-state index is 10.5. The van der Waals surface area contributed by atoms with Crippen molar-refractivity contribution in [1.82, 2.24) is 5.32 Å². The molecule has 0 aliphatic heterocycles. The highest BCUT2D eigenvalue weighted by Gasteiger charge is 2.03. The van der Waals surface area contributed by atoms with Gasteiger partial charge in [0.15, 0.2) is 0 Å². The van der Waals surface area contributed by atoms with E-state index >= 15 is 0 Å². The van der Waals surface area contributed by atoms with Crippen LogP contribution in [0.25, 0.3) is 0 Å². The minimum Gasteiger partial charge on any atom is -0.469 e. The molecule has 0 bridgehead atoms. The fraction of sp³-hybridized carbons (Fsp3) is 0.714. The molecule has 0 spiro atoms. The van der Waals surface area contributed by atoms with Crippen molar-refractivity contribution < 1.29 is 19.4 Å². The third kappa shape index (κ3) is 8.90. The molecule has 72 valence electrons. The van der Waals surface area contributed by atoms with E-state index < -0.39 is 0 Å². The number of methoxy groups -OCH3 is 1. The van der Waals surface area contributed by atoms with Gasteiger partial charge in [0.1, 0.15) is 0 Å². The Balaban J connectivity index is 0. The first-order chi connectivity index (χ1) is 5.70. The van der Waals surface area contributed by atoms with Crippen molar-refractivity contribution in [1.29, 1.82) is 0 Å². The fourth-order valence-corrected chi connectivity index (χ4v) is 0.443. The van der Waals surface area contributed by atoms with E-state index in [1.807, 2.05) is 0 Å². The molecule has 0 aliphatic rings. The van der Waals surface area contributed by atoms with E-state index in [1.165, 1.54) is 14.2 Å². The van der Waals surface area contributed by atoms with Gasteiger partial charge in [-0.3, -0.25) is 9.59 Å². The van der Waals surface area contributed by atoms with Crippen LogP contribution in [0.5, 0.6) is 0 Å². The Bertz CT molecular complexity index is 119. The second-order valence-corrected chi connectivity index (χ2v) is 1.75. The van der Waals surface area contributed by atoms with Gasteiger partial charge in [-0.25, -0.2) is 0 Å². The Kier molecular flexibility index (Phi) is 11.1. The minimum atomic E-state index is -0.358. The van der Waals surface area contributed by atoms with E-state index in [4.69, 9.17) is 5.11 Å². The summed E-state index contributed by atoms with van der Waals surface area (Å²) in [5.41, 5.74) is 0. The van der Waals surface area contributed by atoms with Crippen molar-refractivity contribution >= 4 is 11.9 Å². The molecule has 2 N–H and O–H groups in total. The fourth-order valence-electron chi connectivity index (χ4n) is 0.443. The molecule has 0 saturated carbocycles. The number of rotatable bonds is 3. The van der Waals surface area contributed by atoms with Gasteiger partial charge in [0.25, 0.3) is 0 Å². The van der Waals surface area contributed by atoms with Gasteiger partial charge < -0.3 is 15.2 Å². The summed E-state index contributed by atoms with van der Waals surface area (Å²) < 4.78 is 4.33. The lowest BCUT2D eigenvalue weighted by atomic mass is 10.3. The Morgan fingerprint density at radius 1 is 1.33 bits per heavy atom. The Morgan fingerprint density at radius 2 is 1.83 bits per heavy atom. The molecule has 0 rings (SSSR count). The number of esters is 1. The van der Waals surface area contributed by atoms with Crippen LogP contribution in [-0.2, 0) is 14.3 Å². The molecule has 0 aromatic rings. The van der Waals surface area contributed by atoms with Crippen LogP contribution in [0.3, 0.4) is 0 Å². The molecule has 0 aromatic carbocycles. The van der Waals surface area contributed by atoms with E-state index in [-0.39, 0.29) is 24.7 Å². The molecule has 0 aromatic heterocycles. The summed E-state index contributed by atoms with van der Waals surface area (Å²) in [6, 6.07) is 0. The maximum Gasteiger partial charge on any atom is 0.306 e. The first kappa shape index (κ1) is 13.5. The SMILES string of the molecule is CNC(=O)CCC(=O)OC.CO. The molecule has 1 amide bonds. The molecular weight excluding hydrogens is 162 g/mol. The van der Waals surface area contributed by atoms with Gasteiger partial charge in [-0.2, -0.15) is 0 Å². The van der Waals surface area contributed by atoms with Crippen molar-refractivity contribution in [3.63, 3.8) is 0 Å². The number of amides is 1. The van der Waals surface area contributed by atoms with Gasteiger partial charge in [0.05, 0.1) is 13.5 Å². The first-order valence-corrected chi connectivity index (χ1v) is 3.42. The number of carbonyl (C=O) groups is 2. The summed E-state index contributed by atoms with van der Waals surface area (Å²) in [4.78, 5) is 20.9. The normalized spacial score (nSPS) is 7.67. The summed E-state index contributed by atoms with van der Waals surface area (Å²) in [6.45, 7) is 0. The van der Waals surface area contributed by atoms with Crippen LogP contribution in [-0.4, -0.2) is 38.3 Å². The third-order valence-electron chi connectivity index (χ3n) is 1.06. The van der Waals surface area contributed by atoms with Crippen LogP contribution in [0.2, 0.25) is 0 Å². The average Bonchev–Trinajstić information content (AvgIpc) is 2.16. The lowest BCUT2D eigenvalue weighted by Crippen LogP contribution is -2.18. The van der Waals surface area contributed by atoms with Gasteiger partial charge in [0, 0.05) is 20.6 Å². The Labute approximate surface area is 71.7 Å². The molecule has 0 unspecified atom stereocenters. The first-order valence-electron chi connectivity index (χ1n) is 3.42. The lowest BCUT2D eigenvalue weighted by molar-refractivity contribution is -0.142. The second-order valence-electron chi connectivity index (χ2n) is 1.75. The molecule has 0 heterocycles. The number of nitrogens with one attached hydrogen (secondary N) is 1. The van der Waals surface area contributed by atoms with Crippen LogP contribution >= 0.6 is 0 Å². The minimum absolute atomic E-state index is 0.148. The predicted octanol–water partition coefficient (Wildman–Crippen LogP) is -0.706. The molecule has 12 heavy (non-hydrogen) atoms. The molecular formula is C7H15NO4. The number of aliphatic hydroxyl groups excluding tert-OH is 1. The van der Waals surface area contributed by atoms with Crippen molar-refractivity contribution in [3.8, 4) is 0 Å². The van der Waals surface area contributed by atoms with Crippen LogP contribution in [0, 0.1) is 0 Å². The van der Waals surface area contributed by atoms with Crippen LogP contribution in [0.15, 0.2) is 0 Å². The van der Waals surface area contributed by atoms with Gasteiger partial charge in [-0.1, -0.05) is 0 Å². The van der Waals surface area contributed by atoms with Crippen LogP contribution < -0.4 is 5.32 Å². The van der Waals surface area contributed by atoms with Gasteiger partial charge >= 0.3 is 5.97 Å². The molecule has 5 nitrogen and oxygen atoms in total. The standard InChI is InChI=1S/C6H11NO3.CH4O/c1-7-5(8)3-4-6(9)10-2;1-2/h3-4H2,1-2H3,(H,7,8);2H,1H3. The highest BCUT2D eigenvalue weighted by atomic mass is 16.5. The highest BCUT2D eigenvalue weighted by molar-refractivity contribution is 5.80. The van der Waals surface area contributed by atoms with E-state index in [0.29, 0.717) is 0 Å². The van der Waals surface area contributed by atoms with E-state index in [0.717, 1.165) is 7.11 Å². The largest absolute Gasteiger partial charge is 0.469 e. The van der Waals surface area contributed by atoms with Crippen molar-refractivity contribution in [2.75, 3.05) is 21.3 Å². The zero-order chi connectivity index (χ0) is 9.98. The van der Waals surface area contributed by atoms with Crippen LogP contribution in [0.4, 0.5) is 0 Å². The Morgan fingerprint density at radius 3 is 2.17 bits per heavy atom. The smallest absolute Gasteiger partial charge is 0.306 e. The lowest BCUT2D eigenvalue weighted by Gasteiger charge is -1.97. The zero-order valence-electron chi connectivity index (χ0n) is 7.59. The number of hydrogen-bond acceptors (Lipinski definition) is 4. The maximum absolute atomic E-state index is 10.5. The van der Waals surface area contributed by atoms with E-state index in [9.17, 15) is 9.59 Å². The number of hydrogen-bond donors (Lipinski definition) is 2. The third-order valence-corrected chi connectivity index (χ3v) is 1.06. The number of carbonyl (C=O) groups excluding carboxylic acids is 2. The molecule has 5 heteroatoms. The highest BCUT2D eigenvalue weighted by Crippen LogP contribution is 1.89. The van der Waals surface area contributed by atoms with Crippen LogP contribution in [0.1, 0.15) is 12.8 Å². The number of ether oxygens (including phenoxy) is 1. The van der Waals surface area contributed by atoms with E-state index in [2.05, 4.69) is 10.1 Å². The topological polar surface area (TPSA) is 75.6 Å². The number of aliphatic hydroxyl groups is 1. The molecule has 0 radical (unpaired) electrons. The van der Waals surface area contributed by atoms with Crippen molar-refractivity contribution in [3.05, 3.63) is 0 Å². The van der Waals surface area contributed by atoms with Crippen molar-refractivity contribution in [2.45, 2.75) is 12.8 Å². The summed E-state index contributed by atoms with van der Waals surface area (Å²) in [5.74, 6) is -0.506. The molecule has 0 fully saturated rings. The molecule has 0 aliphatic carbocycles. The second kappa shape index (κ2) is 9.90. The quantitative estimate of drug-likeness (QED) is 0.559. The van der Waals surface area contributed by atoms with Gasteiger partial charge in [-0.15, -0.1) is 0 Å². The predicted molar refractivity (Wildman–Crippen MR) is 43.5 cm³/mol. The molecule has 0 saturated heterocycles. The average molecular weight is 177 g/mol. The summed E-state index contributed by atoms with van der Waals surface area (Å²) in [5, 5.41) is 9.40. The van der Waals surface area contributed by atoms with Crippen molar-refractivity contribution in [2.24, 2.45) is 0 Å². The van der Waals surface area contributed by atoms with Gasteiger partial charge in [-0.05, 0) is 0 Å². The zero-order valence-corrected chi connectivity index (χ0v) is 7.59. The monoisotopic (exact) mass is 177 g/mol. The summed E-state index contributed by atoms with van der Waals surface area (Å²) in [7, 11) is 3.83. The summed E-state index contributed by atoms with van der Waals surface area (Å²) >= 11 is 0. The summed E-state index contributed by atoms with van der Waals surface area (Å²) in [6.07, 6.45) is 0.347. The Hall–Kier alpha value is -1.10. The van der Waals surface area contributed by atoms with Gasteiger partial charge in [0.2, 0.25) is 5.91 Å². The van der Waals surface area contributed by atoms with E-state index in [1.54, 1.807) is 0 Å².